The van der Waals surface area contributed by atoms with Crippen LogP contribution in [0, 0.1) is 0 Å². The number of nitrogen functional groups attached to an aromatic ring is 1. The summed E-state index contributed by atoms with van der Waals surface area (Å²) in [5.74, 6) is 0.909. The van der Waals surface area contributed by atoms with Crippen LogP contribution in [0.5, 0.6) is 0 Å². The quantitative estimate of drug-likeness (QED) is 0.744. The highest BCUT2D eigenvalue weighted by Gasteiger charge is 2.11. The van der Waals surface area contributed by atoms with Crippen molar-refractivity contribution in [3.05, 3.63) is 54.6 Å². The largest absolute Gasteiger partial charge is 0.399 e. The van der Waals surface area contributed by atoms with Crippen LogP contribution in [-0.4, -0.2) is 21.5 Å². The SMILES string of the molecule is CCN(Cc1ccncc1)c1ncnc2ccc(N)cc12. The third-order valence-electron chi connectivity index (χ3n) is 3.44. The van der Waals surface area contributed by atoms with E-state index in [4.69, 9.17) is 5.73 Å². The fraction of sp³-hybridized carbons (Fsp3) is 0.188. The van der Waals surface area contributed by atoms with Gasteiger partial charge in [0.1, 0.15) is 12.1 Å². The van der Waals surface area contributed by atoms with Crippen LogP contribution >= 0.6 is 0 Å². The van der Waals surface area contributed by atoms with Gasteiger partial charge in [0.15, 0.2) is 0 Å². The average molecular weight is 279 g/mol. The molecule has 0 amide bonds. The number of rotatable bonds is 4. The molecule has 0 unspecified atom stereocenters. The lowest BCUT2D eigenvalue weighted by Crippen LogP contribution is -2.23. The molecule has 2 aromatic heterocycles. The zero-order valence-corrected chi connectivity index (χ0v) is 11.9. The summed E-state index contributed by atoms with van der Waals surface area (Å²) in [7, 11) is 0. The van der Waals surface area contributed by atoms with Crippen molar-refractivity contribution in [1.29, 1.82) is 0 Å². The number of anilines is 2. The van der Waals surface area contributed by atoms with Crippen LogP contribution < -0.4 is 10.6 Å². The standard InChI is InChI=1S/C16H17N5/c1-2-21(10-12-5-7-18-8-6-12)16-14-9-13(17)3-4-15(14)19-11-20-16/h3-9,11H,2,10,17H2,1H3. The predicted octanol–water partition coefficient (Wildman–Crippen LogP) is 2.63. The molecule has 0 radical (unpaired) electrons. The lowest BCUT2D eigenvalue weighted by molar-refractivity contribution is 0.815. The van der Waals surface area contributed by atoms with Gasteiger partial charge in [-0.3, -0.25) is 4.98 Å². The van der Waals surface area contributed by atoms with Crippen LogP contribution in [0.4, 0.5) is 11.5 Å². The average Bonchev–Trinajstić information content (AvgIpc) is 2.53. The molecule has 2 heterocycles. The van der Waals surface area contributed by atoms with Crippen LogP contribution in [0.1, 0.15) is 12.5 Å². The van der Waals surface area contributed by atoms with Crippen LogP contribution in [0.25, 0.3) is 10.9 Å². The molecule has 21 heavy (non-hydrogen) atoms. The molecule has 5 heteroatoms. The van der Waals surface area contributed by atoms with Crippen molar-refractivity contribution in [2.45, 2.75) is 13.5 Å². The summed E-state index contributed by atoms with van der Waals surface area (Å²) in [6, 6.07) is 9.75. The molecule has 0 aliphatic heterocycles. The maximum Gasteiger partial charge on any atom is 0.140 e. The Balaban J connectivity index is 2.02. The minimum atomic E-state index is 0.721. The Labute approximate surface area is 123 Å². The van der Waals surface area contributed by atoms with Gasteiger partial charge in [-0.15, -0.1) is 0 Å². The van der Waals surface area contributed by atoms with Crippen molar-refractivity contribution in [1.82, 2.24) is 15.0 Å². The van der Waals surface area contributed by atoms with Gasteiger partial charge in [-0.25, -0.2) is 9.97 Å². The molecule has 0 atom stereocenters. The second-order valence-corrected chi connectivity index (χ2v) is 4.84. The summed E-state index contributed by atoms with van der Waals surface area (Å²) in [5, 5.41) is 0.980. The Morgan fingerprint density at radius 1 is 1.10 bits per heavy atom. The first-order valence-corrected chi connectivity index (χ1v) is 6.92. The molecule has 0 bridgehead atoms. The first-order chi connectivity index (χ1) is 10.3. The van der Waals surface area contributed by atoms with Gasteiger partial charge in [-0.05, 0) is 42.8 Å². The molecule has 3 aromatic rings. The van der Waals surface area contributed by atoms with E-state index in [9.17, 15) is 0 Å². The summed E-state index contributed by atoms with van der Waals surface area (Å²) in [5.41, 5.74) is 8.73. The van der Waals surface area contributed by atoms with Gasteiger partial charge in [0, 0.05) is 36.6 Å². The van der Waals surface area contributed by atoms with Crippen molar-refractivity contribution in [2.24, 2.45) is 0 Å². The van der Waals surface area contributed by atoms with E-state index in [2.05, 4.69) is 26.8 Å². The fourth-order valence-electron chi connectivity index (χ4n) is 2.36. The fourth-order valence-corrected chi connectivity index (χ4v) is 2.36. The van der Waals surface area contributed by atoms with Crippen LogP contribution in [0.3, 0.4) is 0 Å². The number of benzene rings is 1. The zero-order chi connectivity index (χ0) is 14.7. The summed E-state index contributed by atoms with van der Waals surface area (Å²) in [6.45, 7) is 3.74. The monoisotopic (exact) mass is 279 g/mol. The van der Waals surface area contributed by atoms with Gasteiger partial charge in [0.2, 0.25) is 0 Å². The third-order valence-corrected chi connectivity index (χ3v) is 3.44. The molecular formula is C16H17N5. The Morgan fingerprint density at radius 2 is 1.90 bits per heavy atom. The van der Waals surface area contributed by atoms with Gasteiger partial charge >= 0.3 is 0 Å². The molecular weight excluding hydrogens is 262 g/mol. The predicted molar refractivity (Wildman–Crippen MR) is 84.9 cm³/mol. The highest BCUT2D eigenvalue weighted by atomic mass is 15.2. The molecule has 2 N–H and O–H groups in total. The smallest absolute Gasteiger partial charge is 0.140 e. The molecule has 106 valence electrons. The molecule has 0 saturated carbocycles. The van der Waals surface area contributed by atoms with Crippen molar-refractivity contribution in [2.75, 3.05) is 17.2 Å². The van der Waals surface area contributed by atoms with E-state index in [0.717, 1.165) is 35.5 Å². The number of aromatic nitrogens is 3. The van der Waals surface area contributed by atoms with Gasteiger partial charge < -0.3 is 10.6 Å². The van der Waals surface area contributed by atoms with Crippen molar-refractivity contribution >= 4 is 22.4 Å². The first-order valence-electron chi connectivity index (χ1n) is 6.92. The van der Waals surface area contributed by atoms with E-state index in [1.807, 2.05) is 30.3 Å². The number of pyridine rings is 1. The summed E-state index contributed by atoms with van der Waals surface area (Å²) in [4.78, 5) is 15.0. The van der Waals surface area contributed by atoms with Gasteiger partial charge in [0.05, 0.1) is 5.52 Å². The number of nitrogens with zero attached hydrogens (tertiary/aromatic N) is 4. The molecule has 5 nitrogen and oxygen atoms in total. The van der Waals surface area contributed by atoms with E-state index < -0.39 is 0 Å². The number of nitrogens with two attached hydrogens (primary N) is 1. The van der Waals surface area contributed by atoms with E-state index in [0.29, 0.717) is 0 Å². The normalized spacial score (nSPS) is 10.7. The minimum Gasteiger partial charge on any atom is -0.399 e. The van der Waals surface area contributed by atoms with Gasteiger partial charge in [-0.2, -0.15) is 0 Å². The van der Waals surface area contributed by atoms with E-state index in [1.165, 1.54) is 5.56 Å². The lowest BCUT2D eigenvalue weighted by Gasteiger charge is -2.23. The summed E-state index contributed by atoms with van der Waals surface area (Å²) in [6.07, 6.45) is 5.21. The number of fused-ring (bicyclic) bond motifs is 1. The first kappa shape index (κ1) is 13.3. The molecule has 0 fully saturated rings. The Bertz CT molecular complexity index is 742. The van der Waals surface area contributed by atoms with Crippen LogP contribution in [-0.2, 0) is 6.54 Å². The second-order valence-electron chi connectivity index (χ2n) is 4.84. The van der Waals surface area contributed by atoms with E-state index in [1.54, 1.807) is 18.7 Å². The number of hydrogen-bond donors (Lipinski definition) is 1. The topological polar surface area (TPSA) is 67.9 Å². The van der Waals surface area contributed by atoms with Crippen LogP contribution in [0.2, 0.25) is 0 Å². The van der Waals surface area contributed by atoms with E-state index in [-0.39, 0.29) is 0 Å². The number of hydrogen-bond acceptors (Lipinski definition) is 5. The zero-order valence-electron chi connectivity index (χ0n) is 11.9. The summed E-state index contributed by atoms with van der Waals surface area (Å²) < 4.78 is 0. The Kier molecular flexibility index (Phi) is 3.64. The van der Waals surface area contributed by atoms with Crippen molar-refractivity contribution in [3.63, 3.8) is 0 Å². The Morgan fingerprint density at radius 3 is 2.67 bits per heavy atom. The maximum absolute atomic E-state index is 5.90. The summed E-state index contributed by atoms with van der Waals surface area (Å²) >= 11 is 0. The molecule has 0 aliphatic carbocycles. The Hall–Kier alpha value is -2.69. The molecule has 3 rings (SSSR count). The van der Waals surface area contributed by atoms with Crippen molar-refractivity contribution in [3.8, 4) is 0 Å². The second kappa shape index (κ2) is 5.75. The highest BCUT2D eigenvalue weighted by Crippen LogP contribution is 2.25. The molecule has 1 aromatic carbocycles. The van der Waals surface area contributed by atoms with Gasteiger partial charge in [0.25, 0.3) is 0 Å². The van der Waals surface area contributed by atoms with Crippen LogP contribution in [0.15, 0.2) is 49.1 Å². The van der Waals surface area contributed by atoms with Gasteiger partial charge in [-0.1, -0.05) is 0 Å². The molecule has 0 saturated heterocycles. The highest BCUT2D eigenvalue weighted by molar-refractivity contribution is 5.91. The molecule has 0 spiro atoms. The lowest BCUT2D eigenvalue weighted by atomic mass is 10.2. The maximum atomic E-state index is 5.90. The molecule has 0 aliphatic rings. The minimum absolute atomic E-state index is 0.721. The van der Waals surface area contributed by atoms with Crippen molar-refractivity contribution < 1.29 is 0 Å². The third kappa shape index (κ3) is 2.76. The van der Waals surface area contributed by atoms with E-state index >= 15 is 0 Å².